The molecule has 1 amide bonds. The number of hydrogen-bond donors (Lipinski definition) is 3. The second-order valence-electron chi connectivity index (χ2n) is 7.44. The Hall–Kier alpha value is -1.57. The fourth-order valence-electron chi connectivity index (χ4n) is 3.80. The standard InChI is InChI=1S/C20H30N4O2S/c1-14(27-20(21-2)15-6-4-3-5-7-15)23-19(26)11-16-10-17(8-9-22-16)24-12-18(25)13-24/h8-10,15,18,20-21,25H,1,3-7,11-13H2,2H3,(H,23,26). The van der Waals surface area contributed by atoms with Crippen LogP contribution < -0.4 is 15.5 Å². The Morgan fingerprint density at radius 2 is 2.15 bits per heavy atom. The molecule has 0 radical (unpaired) electrons. The van der Waals surface area contributed by atoms with Crippen LogP contribution >= 0.6 is 11.8 Å². The van der Waals surface area contributed by atoms with Gasteiger partial charge in [-0.15, -0.1) is 0 Å². The molecule has 27 heavy (non-hydrogen) atoms. The minimum Gasteiger partial charge on any atom is -0.389 e. The number of β-amino-alcohol motifs (C(OH)–C–C–N with tert-alkyl or cyclic N) is 1. The molecule has 7 heteroatoms. The van der Waals surface area contributed by atoms with Crippen LogP contribution in [0.25, 0.3) is 0 Å². The van der Waals surface area contributed by atoms with E-state index in [1.54, 1.807) is 18.0 Å². The smallest absolute Gasteiger partial charge is 0.230 e. The van der Waals surface area contributed by atoms with E-state index in [0.717, 1.165) is 11.4 Å². The van der Waals surface area contributed by atoms with Crippen molar-refractivity contribution in [3.05, 3.63) is 35.6 Å². The minimum absolute atomic E-state index is 0.0979. The first kappa shape index (κ1) is 20.2. The van der Waals surface area contributed by atoms with Crippen LogP contribution in [0.2, 0.25) is 0 Å². The van der Waals surface area contributed by atoms with Gasteiger partial charge in [0.05, 0.1) is 28.6 Å². The summed E-state index contributed by atoms with van der Waals surface area (Å²) in [6.45, 7) is 5.30. The maximum atomic E-state index is 12.4. The molecule has 0 aromatic carbocycles. The number of carbonyl (C=O) groups excluding carboxylic acids is 1. The molecule has 1 aliphatic carbocycles. The predicted octanol–water partition coefficient (Wildman–Crippen LogP) is 2.25. The van der Waals surface area contributed by atoms with Crippen LogP contribution in [0.5, 0.6) is 0 Å². The molecule has 1 aromatic heterocycles. The van der Waals surface area contributed by atoms with Gasteiger partial charge in [0.25, 0.3) is 0 Å². The summed E-state index contributed by atoms with van der Waals surface area (Å²) in [5, 5.41) is 16.7. The Labute approximate surface area is 165 Å². The molecule has 6 nitrogen and oxygen atoms in total. The Morgan fingerprint density at radius 1 is 1.41 bits per heavy atom. The number of nitrogens with zero attached hydrogens (tertiary/aromatic N) is 2. The Kier molecular flexibility index (Phi) is 7.15. The zero-order valence-corrected chi connectivity index (χ0v) is 16.8. The van der Waals surface area contributed by atoms with Crippen molar-refractivity contribution >= 4 is 23.4 Å². The van der Waals surface area contributed by atoms with Crippen molar-refractivity contribution in [2.75, 3.05) is 25.0 Å². The normalized spacial score (nSPS) is 19.4. The lowest BCUT2D eigenvalue weighted by Gasteiger charge is -2.37. The minimum atomic E-state index is -0.255. The third-order valence-corrected chi connectivity index (χ3v) is 6.54. The summed E-state index contributed by atoms with van der Waals surface area (Å²) in [6.07, 6.45) is 8.07. The van der Waals surface area contributed by atoms with Crippen LogP contribution in [-0.2, 0) is 11.2 Å². The number of thioether (sulfide) groups is 1. The number of anilines is 1. The summed E-state index contributed by atoms with van der Waals surface area (Å²) in [6, 6.07) is 3.82. The third kappa shape index (κ3) is 5.70. The number of aliphatic hydroxyl groups is 1. The van der Waals surface area contributed by atoms with E-state index >= 15 is 0 Å². The number of aliphatic hydroxyl groups excluding tert-OH is 1. The predicted molar refractivity (Wildman–Crippen MR) is 110 cm³/mol. The molecule has 1 unspecified atom stereocenters. The van der Waals surface area contributed by atoms with Gasteiger partial charge in [-0.25, -0.2) is 0 Å². The van der Waals surface area contributed by atoms with Gasteiger partial charge in [0.1, 0.15) is 0 Å². The molecule has 2 heterocycles. The fraction of sp³-hybridized carbons (Fsp3) is 0.600. The molecular formula is C20H30N4O2S. The molecule has 1 aromatic rings. The second-order valence-corrected chi connectivity index (χ2v) is 8.67. The van der Waals surface area contributed by atoms with Crippen LogP contribution in [0, 0.1) is 5.92 Å². The first-order chi connectivity index (χ1) is 13.0. The summed E-state index contributed by atoms with van der Waals surface area (Å²) in [4.78, 5) is 18.8. The van der Waals surface area contributed by atoms with Gasteiger partial charge in [-0.2, -0.15) is 0 Å². The van der Waals surface area contributed by atoms with E-state index in [9.17, 15) is 9.90 Å². The molecule has 3 N–H and O–H groups in total. The molecule has 3 rings (SSSR count). The van der Waals surface area contributed by atoms with Gasteiger partial charge >= 0.3 is 0 Å². The van der Waals surface area contributed by atoms with Gasteiger partial charge in [-0.3, -0.25) is 9.78 Å². The topological polar surface area (TPSA) is 77.5 Å². The van der Waals surface area contributed by atoms with Gasteiger partial charge < -0.3 is 20.6 Å². The van der Waals surface area contributed by atoms with E-state index < -0.39 is 0 Å². The maximum absolute atomic E-state index is 12.4. The maximum Gasteiger partial charge on any atom is 0.230 e. The number of rotatable bonds is 8. The largest absolute Gasteiger partial charge is 0.389 e. The molecule has 1 atom stereocenters. The third-order valence-electron chi connectivity index (χ3n) is 5.28. The molecule has 148 valence electrons. The number of hydrogen-bond acceptors (Lipinski definition) is 6. The monoisotopic (exact) mass is 390 g/mol. The molecule has 0 bridgehead atoms. The number of carbonyl (C=O) groups is 1. The summed E-state index contributed by atoms with van der Waals surface area (Å²) in [5.74, 6) is 0.534. The highest BCUT2D eigenvalue weighted by Crippen LogP contribution is 2.33. The van der Waals surface area contributed by atoms with Crippen LogP contribution in [0.4, 0.5) is 5.69 Å². The van der Waals surface area contributed by atoms with E-state index in [1.807, 2.05) is 19.2 Å². The average molecular weight is 391 g/mol. The quantitative estimate of drug-likeness (QED) is 0.591. The van der Waals surface area contributed by atoms with Crippen molar-refractivity contribution < 1.29 is 9.90 Å². The molecule has 0 spiro atoms. The van der Waals surface area contributed by atoms with Crippen molar-refractivity contribution in [3.8, 4) is 0 Å². The zero-order valence-electron chi connectivity index (χ0n) is 16.0. The van der Waals surface area contributed by atoms with Crippen LogP contribution in [0.1, 0.15) is 37.8 Å². The number of nitrogens with one attached hydrogen (secondary N) is 2. The molecule has 1 aliphatic heterocycles. The second kappa shape index (κ2) is 9.57. The van der Waals surface area contributed by atoms with Crippen LogP contribution in [-0.4, -0.2) is 47.6 Å². The highest BCUT2D eigenvalue weighted by molar-refractivity contribution is 8.03. The lowest BCUT2D eigenvalue weighted by Crippen LogP contribution is -2.50. The molecular weight excluding hydrogens is 360 g/mol. The molecule has 1 saturated heterocycles. The molecule has 1 saturated carbocycles. The Balaban J connectivity index is 1.48. The number of aromatic nitrogens is 1. The van der Waals surface area contributed by atoms with E-state index in [4.69, 9.17) is 0 Å². The SMILES string of the molecule is C=C(NC(=O)Cc1cc(N2CC(O)C2)ccn1)SC(NC)C1CCCCC1. The summed E-state index contributed by atoms with van der Waals surface area (Å²) < 4.78 is 0. The Morgan fingerprint density at radius 3 is 2.81 bits per heavy atom. The van der Waals surface area contributed by atoms with Crippen molar-refractivity contribution in [2.24, 2.45) is 5.92 Å². The van der Waals surface area contributed by atoms with Gasteiger partial charge in [0.2, 0.25) is 5.91 Å². The number of amides is 1. The molecule has 2 fully saturated rings. The van der Waals surface area contributed by atoms with Crippen molar-refractivity contribution in [1.29, 1.82) is 0 Å². The van der Waals surface area contributed by atoms with Gasteiger partial charge in [-0.1, -0.05) is 37.6 Å². The molecule has 2 aliphatic rings. The van der Waals surface area contributed by atoms with E-state index in [-0.39, 0.29) is 23.8 Å². The highest BCUT2D eigenvalue weighted by atomic mass is 32.2. The summed E-state index contributed by atoms with van der Waals surface area (Å²) in [7, 11) is 1.98. The number of pyridine rings is 1. The average Bonchev–Trinajstić information content (AvgIpc) is 2.64. The van der Waals surface area contributed by atoms with Crippen molar-refractivity contribution in [3.63, 3.8) is 0 Å². The lowest BCUT2D eigenvalue weighted by molar-refractivity contribution is -0.119. The van der Waals surface area contributed by atoms with Crippen LogP contribution in [0.15, 0.2) is 29.9 Å². The van der Waals surface area contributed by atoms with E-state index in [1.165, 1.54) is 32.1 Å². The van der Waals surface area contributed by atoms with Crippen molar-refractivity contribution in [2.45, 2.75) is 50.0 Å². The van der Waals surface area contributed by atoms with Crippen LogP contribution in [0.3, 0.4) is 0 Å². The van der Waals surface area contributed by atoms with Gasteiger partial charge in [0, 0.05) is 25.0 Å². The lowest BCUT2D eigenvalue weighted by atomic mass is 9.89. The van der Waals surface area contributed by atoms with E-state index in [2.05, 4.69) is 27.1 Å². The summed E-state index contributed by atoms with van der Waals surface area (Å²) in [5.41, 5.74) is 1.72. The fourth-order valence-corrected chi connectivity index (χ4v) is 4.86. The van der Waals surface area contributed by atoms with Crippen molar-refractivity contribution in [1.82, 2.24) is 15.6 Å². The van der Waals surface area contributed by atoms with Gasteiger partial charge in [0.15, 0.2) is 0 Å². The first-order valence-corrected chi connectivity index (χ1v) is 10.6. The Bertz CT molecular complexity index is 657. The first-order valence-electron chi connectivity index (χ1n) is 9.76. The summed E-state index contributed by atoms with van der Waals surface area (Å²) >= 11 is 1.62. The van der Waals surface area contributed by atoms with E-state index in [0.29, 0.717) is 24.0 Å². The van der Waals surface area contributed by atoms with Gasteiger partial charge in [-0.05, 0) is 37.9 Å². The zero-order chi connectivity index (χ0) is 19.2. The highest BCUT2D eigenvalue weighted by Gasteiger charge is 2.25.